The van der Waals surface area contributed by atoms with Crippen molar-refractivity contribution in [3.05, 3.63) is 57.6 Å². The summed E-state index contributed by atoms with van der Waals surface area (Å²) in [4.78, 5) is 16.3. The molecule has 0 aliphatic carbocycles. The van der Waals surface area contributed by atoms with Gasteiger partial charge >= 0.3 is 0 Å². The molecule has 1 heterocycles. The molecule has 0 bridgehead atoms. The highest BCUT2D eigenvalue weighted by molar-refractivity contribution is 6.31. The third kappa shape index (κ3) is 3.61. The zero-order chi connectivity index (χ0) is 14.5. The van der Waals surface area contributed by atoms with Crippen LogP contribution in [0, 0.1) is 5.92 Å². The van der Waals surface area contributed by atoms with Crippen molar-refractivity contribution in [3.8, 4) is 0 Å². The third-order valence-electron chi connectivity index (χ3n) is 2.88. The summed E-state index contributed by atoms with van der Waals surface area (Å²) in [6, 6.07) is 7.54. The van der Waals surface area contributed by atoms with Gasteiger partial charge in [-0.1, -0.05) is 43.6 Å². The molecule has 0 fully saturated rings. The number of hydrogen-bond donors (Lipinski definition) is 1. The monoisotopic (exact) mass is 291 g/mol. The highest BCUT2D eigenvalue weighted by atomic mass is 35.5. The first-order valence-corrected chi connectivity index (χ1v) is 6.98. The predicted octanol–water partition coefficient (Wildman–Crippen LogP) is 3.16. The summed E-state index contributed by atoms with van der Waals surface area (Å²) >= 11 is 6.09. The number of aromatic nitrogens is 2. The normalized spacial score (nSPS) is 10.8. The van der Waals surface area contributed by atoms with E-state index in [1.54, 1.807) is 17.0 Å². The van der Waals surface area contributed by atoms with Crippen LogP contribution in [-0.4, -0.2) is 9.55 Å². The van der Waals surface area contributed by atoms with Crippen molar-refractivity contribution in [2.45, 2.75) is 26.9 Å². The maximum atomic E-state index is 12.2. The molecule has 0 saturated heterocycles. The second kappa shape index (κ2) is 6.57. The maximum absolute atomic E-state index is 12.2. The van der Waals surface area contributed by atoms with Crippen LogP contribution < -0.4 is 10.9 Å². The lowest BCUT2D eigenvalue weighted by molar-refractivity contribution is 0.509. The van der Waals surface area contributed by atoms with Crippen LogP contribution in [0.4, 0.5) is 5.82 Å². The van der Waals surface area contributed by atoms with E-state index in [4.69, 9.17) is 11.6 Å². The Balaban J connectivity index is 2.14. The van der Waals surface area contributed by atoms with Crippen LogP contribution in [0.2, 0.25) is 5.02 Å². The fraction of sp³-hybridized carbons (Fsp3) is 0.333. The number of anilines is 1. The van der Waals surface area contributed by atoms with E-state index in [1.807, 2.05) is 24.3 Å². The van der Waals surface area contributed by atoms with Gasteiger partial charge in [0.15, 0.2) is 5.82 Å². The van der Waals surface area contributed by atoms with Gasteiger partial charge in [0.2, 0.25) is 0 Å². The summed E-state index contributed by atoms with van der Waals surface area (Å²) < 4.78 is 1.67. The molecule has 0 unspecified atom stereocenters. The van der Waals surface area contributed by atoms with Crippen molar-refractivity contribution in [1.29, 1.82) is 0 Å². The molecule has 106 valence electrons. The van der Waals surface area contributed by atoms with E-state index in [0.717, 1.165) is 5.56 Å². The molecule has 20 heavy (non-hydrogen) atoms. The lowest BCUT2D eigenvalue weighted by Crippen LogP contribution is -2.25. The quantitative estimate of drug-likeness (QED) is 0.920. The van der Waals surface area contributed by atoms with Gasteiger partial charge < -0.3 is 9.88 Å². The minimum Gasteiger partial charge on any atom is -0.361 e. The molecule has 1 N–H and O–H groups in total. The summed E-state index contributed by atoms with van der Waals surface area (Å²) in [5, 5.41) is 3.73. The van der Waals surface area contributed by atoms with E-state index in [2.05, 4.69) is 24.1 Å². The molecule has 1 aromatic heterocycles. The Labute approximate surface area is 123 Å². The standard InChI is InChI=1S/C15H18ClN3O/c1-11(2)10-19-8-7-17-14(15(19)20)18-9-12-5-3-4-6-13(12)16/h3-8,11H,9-10H2,1-2H3,(H,17,18). The molecular weight excluding hydrogens is 274 g/mol. The van der Waals surface area contributed by atoms with E-state index in [1.165, 1.54) is 0 Å². The molecule has 1 aromatic carbocycles. The van der Waals surface area contributed by atoms with E-state index in [9.17, 15) is 4.79 Å². The fourth-order valence-corrected chi connectivity index (χ4v) is 2.13. The third-order valence-corrected chi connectivity index (χ3v) is 3.25. The summed E-state index contributed by atoms with van der Waals surface area (Å²) in [6.07, 6.45) is 3.35. The van der Waals surface area contributed by atoms with Crippen molar-refractivity contribution in [2.24, 2.45) is 5.92 Å². The molecule has 0 atom stereocenters. The predicted molar refractivity (Wildman–Crippen MR) is 82.1 cm³/mol. The van der Waals surface area contributed by atoms with Crippen molar-refractivity contribution in [1.82, 2.24) is 9.55 Å². The molecule has 0 amide bonds. The van der Waals surface area contributed by atoms with Crippen LogP contribution in [0.3, 0.4) is 0 Å². The Morgan fingerprint density at radius 3 is 2.80 bits per heavy atom. The molecule has 2 aromatic rings. The van der Waals surface area contributed by atoms with Gasteiger partial charge in [-0.05, 0) is 17.5 Å². The molecule has 0 aliphatic heterocycles. The van der Waals surface area contributed by atoms with Crippen LogP contribution in [0.5, 0.6) is 0 Å². The van der Waals surface area contributed by atoms with Crippen molar-refractivity contribution < 1.29 is 0 Å². The van der Waals surface area contributed by atoms with Gasteiger partial charge in [0.1, 0.15) is 0 Å². The van der Waals surface area contributed by atoms with Crippen molar-refractivity contribution in [2.75, 3.05) is 5.32 Å². The molecule has 5 heteroatoms. The van der Waals surface area contributed by atoms with E-state index in [0.29, 0.717) is 29.8 Å². The summed E-state index contributed by atoms with van der Waals surface area (Å²) in [5.74, 6) is 0.764. The molecule has 4 nitrogen and oxygen atoms in total. The zero-order valence-electron chi connectivity index (χ0n) is 11.6. The first-order valence-electron chi connectivity index (χ1n) is 6.60. The van der Waals surface area contributed by atoms with E-state index in [-0.39, 0.29) is 5.56 Å². The molecule has 0 radical (unpaired) electrons. The van der Waals surface area contributed by atoms with Gasteiger partial charge in [-0.2, -0.15) is 0 Å². The highest BCUT2D eigenvalue weighted by Gasteiger charge is 2.06. The number of nitrogens with zero attached hydrogens (tertiary/aromatic N) is 2. The SMILES string of the molecule is CC(C)Cn1ccnc(NCc2ccccc2Cl)c1=O. The van der Waals surface area contributed by atoms with Crippen molar-refractivity contribution >= 4 is 17.4 Å². The van der Waals surface area contributed by atoms with E-state index >= 15 is 0 Å². The Bertz CT molecular complexity index is 637. The summed E-state index contributed by atoms with van der Waals surface area (Å²) in [6.45, 7) is 5.31. The topological polar surface area (TPSA) is 46.9 Å². The van der Waals surface area contributed by atoms with Gasteiger partial charge in [-0.3, -0.25) is 4.79 Å². The minimum atomic E-state index is -0.103. The number of benzene rings is 1. The average Bonchev–Trinajstić information content (AvgIpc) is 2.41. The largest absolute Gasteiger partial charge is 0.361 e. The van der Waals surface area contributed by atoms with E-state index < -0.39 is 0 Å². The Morgan fingerprint density at radius 2 is 2.10 bits per heavy atom. The van der Waals surface area contributed by atoms with Crippen LogP contribution >= 0.6 is 11.6 Å². The van der Waals surface area contributed by atoms with Gasteiger partial charge in [0.25, 0.3) is 5.56 Å². The van der Waals surface area contributed by atoms with Gasteiger partial charge in [-0.25, -0.2) is 4.98 Å². The lowest BCUT2D eigenvalue weighted by atomic mass is 10.2. The second-order valence-electron chi connectivity index (χ2n) is 5.07. The first-order chi connectivity index (χ1) is 9.58. The summed E-state index contributed by atoms with van der Waals surface area (Å²) in [5.41, 5.74) is 0.836. The zero-order valence-corrected chi connectivity index (χ0v) is 12.4. The molecule has 2 rings (SSSR count). The van der Waals surface area contributed by atoms with Crippen molar-refractivity contribution in [3.63, 3.8) is 0 Å². The van der Waals surface area contributed by atoms with Crippen LogP contribution in [-0.2, 0) is 13.1 Å². The van der Waals surface area contributed by atoms with Crippen LogP contribution in [0.15, 0.2) is 41.5 Å². The smallest absolute Gasteiger partial charge is 0.293 e. The van der Waals surface area contributed by atoms with Crippen LogP contribution in [0.1, 0.15) is 19.4 Å². The number of rotatable bonds is 5. The average molecular weight is 292 g/mol. The van der Waals surface area contributed by atoms with Gasteiger partial charge in [0.05, 0.1) is 0 Å². The molecular formula is C15H18ClN3O. The lowest BCUT2D eigenvalue weighted by Gasteiger charge is -2.11. The fourth-order valence-electron chi connectivity index (χ4n) is 1.93. The second-order valence-corrected chi connectivity index (χ2v) is 5.48. The van der Waals surface area contributed by atoms with Crippen LogP contribution in [0.25, 0.3) is 0 Å². The first kappa shape index (κ1) is 14.6. The Kier molecular flexibility index (Phi) is 4.79. The molecule has 0 aliphatic rings. The number of nitrogens with one attached hydrogen (secondary N) is 1. The van der Waals surface area contributed by atoms with Gasteiger partial charge in [0, 0.05) is 30.5 Å². The summed E-state index contributed by atoms with van der Waals surface area (Å²) in [7, 11) is 0. The Hall–Kier alpha value is -1.81. The molecule has 0 saturated carbocycles. The maximum Gasteiger partial charge on any atom is 0.293 e. The number of hydrogen-bond acceptors (Lipinski definition) is 3. The number of halogens is 1. The van der Waals surface area contributed by atoms with Gasteiger partial charge in [-0.15, -0.1) is 0 Å². The molecule has 0 spiro atoms. The Morgan fingerprint density at radius 1 is 1.35 bits per heavy atom. The highest BCUT2D eigenvalue weighted by Crippen LogP contribution is 2.15. The minimum absolute atomic E-state index is 0.103.